The van der Waals surface area contributed by atoms with Crippen molar-refractivity contribution in [3.05, 3.63) is 29.3 Å². The van der Waals surface area contributed by atoms with Crippen LogP contribution in [0.3, 0.4) is 0 Å². The highest BCUT2D eigenvalue weighted by molar-refractivity contribution is 7.91. The van der Waals surface area contributed by atoms with Crippen LogP contribution >= 0.6 is 0 Å². The van der Waals surface area contributed by atoms with Gasteiger partial charge in [0, 0.05) is 12.1 Å². The van der Waals surface area contributed by atoms with Gasteiger partial charge in [-0.3, -0.25) is 0 Å². The summed E-state index contributed by atoms with van der Waals surface area (Å²) in [7, 11) is 1.32. The van der Waals surface area contributed by atoms with E-state index in [0.29, 0.717) is 0 Å². The highest BCUT2D eigenvalue weighted by atomic mass is 32.2. The minimum atomic E-state index is -1.56. The molecule has 1 unspecified atom stereocenters. The van der Waals surface area contributed by atoms with Gasteiger partial charge in [-0.2, -0.15) is 0 Å². The number of benzene rings is 1. The van der Waals surface area contributed by atoms with Crippen LogP contribution in [-0.4, -0.2) is 22.6 Å². The Morgan fingerprint density at radius 2 is 1.78 bits per heavy atom. The van der Waals surface area contributed by atoms with Gasteiger partial charge in [0.05, 0.1) is 18.9 Å². The molecule has 0 radical (unpaired) electrons. The summed E-state index contributed by atoms with van der Waals surface area (Å²) in [6, 6.07) is 2.09. The van der Waals surface area contributed by atoms with Gasteiger partial charge in [-0.15, -0.1) is 0 Å². The standard InChI is InChI=1S/C12H15F2NO2S/c1-12(2,3)18(16)15-7-9-10(13)5-8(17-4)6-11(9)14/h5-7H,1-4H3. The van der Waals surface area contributed by atoms with E-state index >= 15 is 0 Å². The Balaban J connectivity index is 3.02. The number of rotatable bonds is 3. The number of hydrogen-bond acceptors (Lipinski definition) is 3. The normalized spacial score (nSPS) is 13.9. The molecule has 6 heteroatoms. The van der Waals surface area contributed by atoms with Crippen LogP contribution < -0.4 is 4.74 Å². The molecule has 0 N–H and O–H groups in total. The van der Waals surface area contributed by atoms with E-state index in [2.05, 4.69) is 4.40 Å². The smallest absolute Gasteiger partial charge is 0.144 e. The van der Waals surface area contributed by atoms with E-state index in [-0.39, 0.29) is 11.3 Å². The predicted molar refractivity (Wildman–Crippen MR) is 68.4 cm³/mol. The molecule has 0 amide bonds. The minimum Gasteiger partial charge on any atom is -0.591 e. The van der Waals surface area contributed by atoms with Crippen molar-refractivity contribution in [1.82, 2.24) is 0 Å². The number of methoxy groups -OCH3 is 1. The SMILES string of the molecule is COc1cc(F)c(C=N[S+]([O-])C(C)(C)C)c(F)c1. The summed E-state index contributed by atoms with van der Waals surface area (Å²) in [4.78, 5) is 0. The van der Waals surface area contributed by atoms with Crippen molar-refractivity contribution < 1.29 is 18.1 Å². The van der Waals surface area contributed by atoms with E-state index in [4.69, 9.17) is 4.74 Å². The lowest BCUT2D eigenvalue weighted by atomic mass is 10.2. The molecule has 0 aliphatic carbocycles. The molecule has 0 saturated carbocycles. The Morgan fingerprint density at radius 3 is 2.17 bits per heavy atom. The van der Waals surface area contributed by atoms with E-state index in [0.717, 1.165) is 18.3 Å². The molecule has 0 bridgehead atoms. The van der Waals surface area contributed by atoms with Gasteiger partial charge in [0.15, 0.2) is 0 Å². The second-order valence-corrected chi connectivity index (χ2v) is 6.53. The number of halogens is 2. The Bertz CT molecular complexity index is 435. The first-order chi connectivity index (χ1) is 8.25. The summed E-state index contributed by atoms with van der Waals surface area (Å²) < 4.78 is 46.5. The van der Waals surface area contributed by atoms with Gasteiger partial charge in [-0.1, -0.05) is 4.40 Å². The third-order valence-corrected chi connectivity index (χ3v) is 3.43. The highest BCUT2D eigenvalue weighted by Crippen LogP contribution is 2.21. The lowest BCUT2D eigenvalue weighted by molar-refractivity contribution is 0.406. The van der Waals surface area contributed by atoms with Gasteiger partial charge in [0.1, 0.15) is 33.5 Å². The van der Waals surface area contributed by atoms with Crippen molar-refractivity contribution >= 4 is 17.6 Å². The van der Waals surface area contributed by atoms with Crippen molar-refractivity contribution in [3.8, 4) is 5.75 Å². The molecule has 0 spiro atoms. The fourth-order valence-electron chi connectivity index (χ4n) is 1.06. The molecule has 0 aromatic heterocycles. The maximum absolute atomic E-state index is 13.5. The number of nitrogens with zero attached hydrogens (tertiary/aromatic N) is 1. The van der Waals surface area contributed by atoms with E-state index in [1.54, 1.807) is 20.8 Å². The fraction of sp³-hybridized carbons (Fsp3) is 0.417. The van der Waals surface area contributed by atoms with Crippen LogP contribution in [0.2, 0.25) is 0 Å². The predicted octanol–water partition coefficient (Wildman–Crippen LogP) is 2.85. The minimum absolute atomic E-state index is 0.0825. The van der Waals surface area contributed by atoms with Crippen LogP contribution in [0.15, 0.2) is 16.5 Å². The first-order valence-corrected chi connectivity index (χ1v) is 6.35. The molecule has 100 valence electrons. The highest BCUT2D eigenvalue weighted by Gasteiger charge is 2.26. The molecule has 0 aliphatic heterocycles. The quantitative estimate of drug-likeness (QED) is 0.629. The van der Waals surface area contributed by atoms with Crippen LogP contribution in [-0.2, 0) is 11.4 Å². The molecule has 1 atom stereocenters. The Hall–Kier alpha value is -1.14. The van der Waals surface area contributed by atoms with E-state index < -0.39 is 27.7 Å². The molecule has 0 heterocycles. The van der Waals surface area contributed by atoms with Crippen LogP contribution in [0.4, 0.5) is 8.78 Å². The molecule has 0 saturated heterocycles. The molecular weight excluding hydrogens is 260 g/mol. The maximum atomic E-state index is 13.5. The van der Waals surface area contributed by atoms with Gasteiger partial charge < -0.3 is 9.29 Å². The summed E-state index contributed by atoms with van der Waals surface area (Å²) in [5.74, 6) is -1.53. The number of ether oxygens (including phenoxy) is 1. The Labute approximate surface area is 108 Å². The summed E-state index contributed by atoms with van der Waals surface area (Å²) in [5.41, 5.74) is -0.326. The zero-order chi connectivity index (χ0) is 13.9. The molecule has 1 aromatic carbocycles. The largest absolute Gasteiger partial charge is 0.591 e. The van der Waals surface area contributed by atoms with Gasteiger partial charge in [0.25, 0.3) is 0 Å². The van der Waals surface area contributed by atoms with Crippen LogP contribution in [0.1, 0.15) is 26.3 Å². The van der Waals surface area contributed by atoms with Crippen molar-refractivity contribution in [2.24, 2.45) is 4.40 Å². The van der Waals surface area contributed by atoms with Gasteiger partial charge in [0.2, 0.25) is 0 Å². The van der Waals surface area contributed by atoms with Crippen molar-refractivity contribution in [2.75, 3.05) is 7.11 Å². The monoisotopic (exact) mass is 275 g/mol. The van der Waals surface area contributed by atoms with Crippen molar-refractivity contribution in [3.63, 3.8) is 0 Å². The average molecular weight is 275 g/mol. The average Bonchev–Trinajstić information content (AvgIpc) is 2.25. The molecule has 18 heavy (non-hydrogen) atoms. The molecular formula is C12H15F2NO2S. The van der Waals surface area contributed by atoms with Crippen LogP contribution in [0, 0.1) is 11.6 Å². The maximum Gasteiger partial charge on any atom is 0.144 e. The summed E-state index contributed by atoms with van der Waals surface area (Å²) in [6.45, 7) is 5.17. The van der Waals surface area contributed by atoms with Gasteiger partial charge >= 0.3 is 0 Å². The summed E-state index contributed by atoms with van der Waals surface area (Å²) in [5, 5.41) is 0. The topological polar surface area (TPSA) is 44.6 Å². The van der Waals surface area contributed by atoms with E-state index in [9.17, 15) is 13.3 Å². The molecule has 1 aromatic rings. The number of hydrogen-bond donors (Lipinski definition) is 0. The lowest BCUT2D eigenvalue weighted by Crippen LogP contribution is -2.25. The summed E-state index contributed by atoms with van der Waals surface area (Å²) >= 11 is -1.56. The molecule has 0 aliphatic rings. The van der Waals surface area contributed by atoms with Crippen LogP contribution in [0.5, 0.6) is 5.75 Å². The summed E-state index contributed by atoms with van der Waals surface area (Å²) in [6.07, 6.45) is 0.950. The zero-order valence-corrected chi connectivity index (χ0v) is 11.5. The van der Waals surface area contributed by atoms with Crippen molar-refractivity contribution in [2.45, 2.75) is 25.5 Å². The third kappa shape index (κ3) is 3.68. The lowest BCUT2D eigenvalue weighted by Gasteiger charge is -2.17. The van der Waals surface area contributed by atoms with Gasteiger partial charge in [-0.25, -0.2) is 8.78 Å². The first-order valence-electron chi connectivity index (χ1n) is 5.25. The second kappa shape index (κ2) is 5.67. The Kier molecular flexibility index (Phi) is 4.70. The van der Waals surface area contributed by atoms with Crippen molar-refractivity contribution in [1.29, 1.82) is 0 Å². The zero-order valence-electron chi connectivity index (χ0n) is 10.7. The Morgan fingerprint density at radius 1 is 1.28 bits per heavy atom. The van der Waals surface area contributed by atoms with Gasteiger partial charge in [-0.05, 0) is 20.8 Å². The molecule has 3 nitrogen and oxygen atoms in total. The van der Waals surface area contributed by atoms with E-state index in [1.807, 2.05) is 0 Å². The van der Waals surface area contributed by atoms with E-state index in [1.165, 1.54) is 7.11 Å². The van der Waals surface area contributed by atoms with Crippen LogP contribution in [0.25, 0.3) is 0 Å². The molecule has 1 rings (SSSR count). The first kappa shape index (κ1) is 14.9. The fourth-order valence-corrected chi connectivity index (χ4v) is 1.58. The second-order valence-electron chi connectivity index (χ2n) is 4.60. The third-order valence-electron chi connectivity index (χ3n) is 2.09. The molecule has 0 fully saturated rings.